The van der Waals surface area contributed by atoms with E-state index < -0.39 is 0 Å². The minimum absolute atomic E-state index is 0.155. The summed E-state index contributed by atoms with van der Waals surface area (Å²) in [5.74, 6) is 0.829. The summed E-state index contributed by atoms with van der Waals surface area (Å²) in [6, 6.07) is 23.2. The highest BCUT2D eigenvalue weighted by molar-refractivity contribution is 9.10. The lowest BCUT2D eigenvalue weighted by molar-refractivity contribution is -0.120. The molecule has 1 atom stereocenters. The van der Waals surface area contributed by atoms with Gasteiger partial charge in [-0.05, 0) is 90.8 Å². The van der Waals surface area contributed by atoms with Gasteiger partial charge >= 0.3 is 0 Å². The number of halogens is 1. The number of carbonyl (C=O) groups excluding carboxylic acids is 1. The predicted octanol–water partition coefficient (Wildman–Crippen LogP) is 9.01. The molecule has 0 bridgehead atoms. The van der Waals surface area contributed by atoms with E-state index in [1.54, 1.807) is 7.11 Å². The van der Waals surface area contributed by atoms with Crippen molar-refractivity contribution in [3.8, 4) is 5.75 Å². The van der Waals surface area contributed by atoms with Crippen LogP contribution < -0.4 is 9.64 Å². The second-order valence-corrected chi connectivity index (χ2v) is 11.2. The van der Waals surface area contributed by atoms with E-state index in [4.69, 9.17) is 4.74 Å². The molecule has 3 nitrogen and oxygen atoms in total. The molecular weight excluding hydrogens is 522 g/mol. The van der Waals surface area contributed by atoms with Gasteiger partial charge in [-0.15, -0.1) is 0 Å². The molecule has 196 valence electrons. The number of amides is 1. The van der Waals surface area contributed by atoms with Crippen LogP contribution >= 0.6 is 15.9 Å². The molecule has 0 N–H and O–H groups in total. The zero-order valence-corrected chi connectivity index (χ0v) is 23.9. The van der Waals surface area contributed by atoms with Crippen LogP contribution in [0.2, 0.25) is 0 Å². The minimum atomic E-state index is -0.155. The predicted molar refractivity (Wildman–Crippen MR) is 158 cm³/mol. The lowest BCUT2D eigenvalue weighted by atomic mass is 9.81. The van der Waals surface area contributed by atoms with E-state index in [1.165, 1.54) is 49.7 Å². The summed E-state index contributed by atoms with van der Waals surface area (Å²) < 4.78 is 6.55. The molecule has 1 aliphatic carbocycles. The molecule has 4 heteroatoms. The highest BCUT2D eigenvalue weighted by Crippen LogP contribution is 2.37. The van der Waals surface area contributed by atoms with Crippen molar-refractivity contribution in [1.82, 2.24) is 0 Å². The molecule has 37 heavy (non-hydrogen) atoms. The molecule has 0 saturated heterocycles. The molecule has 1 amide bonds. The summed E-state index contributed by atoms with van der Waals surface area (Å²) in [5.41, 5.74) is 5.83. The maximum Gasteiger partial charge on any atom is 0.234 e. The number of hydrogen-bond donors (Lipinski definition) is 0. The van der Waals surface area contributed by atoms with Crippen molar-refractivity contribution in [1.29, 1.82) is 0 Å². The molecular formula is C33H40BrNO2. The fourth-order valence-electron chi connectivity index (χ4n) is 5.37. The van der Waals surface area contributed by atoms with Gasteiger partial charge in [-0.1, -0.05) is 85.3 Å². The number of unbranched alkanes of at least 4 members (excludes halogenated alkanes) is 5. The van der Waals surface area contributed by atoms with Crippen molar-refractivity contribution in [2.24, 2.45) is 0 Å². The van der Waals surface area contributed by atoms with Gasteiger partial charge < -0.3 is 9.64 Å². The summed E-state index contributed by atoms with van der Waals surface area (Å²) in [6.45, 7) is 2.81. The van der Waals surface area contributed by atoms with Crippen molar-refractivity contribution >= 4 is 27.5 Å². The molecule has 0 aliphatic heterocycles. The number of hydrogen-bond acceptors (Lipinski definition) is 2. The van der Waals surface area contributed by atoms with Crippen LogP contribution in [0.25, 0.3) is 0 Å². The highest BCUT2D eigenvalue weighted by Gasteiger charge is 2.31. The third-order valence-electron chi connectivity index (χ3n) is 7.55. The Labute approximate surface area is 231 Å². The third-order valence-corrected chi connectivity index (χ3v) is 8.08. The van der Waals surface area contributed by atoms with Gasteiger partial charge in [0.15, 0.2) is 0 Å². The van der Waals surface area contributed by atoms with E-state index in [9.17, 15) is 4.79 Å². The number of carbonyl (C=O) groups is 1. The minimum Gasteiger partial charge on any atom is -0.497 e. The first kappa shape index (κ1) is 27.4. The lowest BCUT2D eigenvalue weighted by Crippen LogP contribution is -2.36. The van der Waals surface area contributed by atoms with Crippen molar-refractivity contribution < 1.29 is 9.53 Å². The van der Waals surface area contributed by atoms with Crippen molar-refractivity contribution in [2.75, 3.05) is 12.0 Å². The first-order chi connectivity index (χ1) is 18.1. The average Bonchev–Trinajstić information content (AvgIpc) is 2.94. The van der Waals surface area contributed by atoms with Crippen LogP contribution in [0.15, 0.2) is 71.2 Å². The van der Waals surface area contributed by atoms with Gasteiger partial charge in [-0.3, -0.25) is 4.79 Å². The molecule has 1 aliphatic rings. The average molecular weight is 563 g/mol. The Balaban J connectivity index is 1.54. The second kappa shape index (κ2) is 13.8. The highest BCUT2D eigenvalue weighted by atomic mass is 79.9. The molecule has 3 aromatic rings. The fraction of sp³-hybridized carbons (Fsp3) is 0.424. The van der Waals surface area contributed by atoms with Gasteiger partial charge in [0.2, 0.25) is 5.91 Å². The van der Waals surface area contributed by atoms with Gasteiger partial charge in [-0.2, -0.15) is 0 Å². The first-order valence-electron chi connectivity index (χ1n) is 13.9. The Morgan fingerprint density at radius 2 is 1.62 bits per heavy atom. The number of aryl methyl sites for hydroxylation is 2. The molecule has 0 fully saturated rings. The van der Waals surface area contributed by atoms with E-state index in [0.717, 1.165) is 52.7 Å². The second-order valence-electron chi connectivity index (χ2n) is 10.2. The summed E-state index contributed by atoms with van der Waals surface area (Å²) in [7, 11) is 1.69. The molecule has 4 rings (SSSR count). The standard InChI is InChI=1S/C33H40BrNO2/c1-3-4-5-6-7-8-10-25-15-20-29(21-16-25)35(24-26-13-18-28(34)19-14-26)33(36)31-12-9-11-27-17-22-30(37-2)23-32(27)31/h13-23,31H,3-12,24H2,1-2H3. The van der Waals surface area contributed by atoms with Crippen LogP contribution in [0.1, 0.15) is 86.5 Å². The quantitative estimate of drug-likeness (QED) is 0.206. The summed E-state index contributed by atoms with van der Waals surface area (Å²) in [5, 5.41) is 0. The molecule has 1 unspecified atom stereocenters. The Morgan fingerprint density at radius 1 is 0.919 bits per heavy atom. The number of ether oxygens (including phenoxy) is 1. The Bertz CT molecular complexity index is 1140. The number of benzene rings is 3. The molecule has 3 aromatic carbocycles. The van der Waals surface area contributed by atoms with Crippen LogP contribution in [-0.2, 0) is 24.2 Å². The third kappa shape index (κ3) is 7.47. The lowest BCUT2D eigenvalue weighted by Gasteiger charge is -2.31. The maximum absolute atomic E-state index is 14.2. The van der Waals surface area contributed by atoms with Crippen LogP contribution in [0.3, 0.4) is 0 Å². The topological polar surface area (TPSA) is 29.5 Å². The fourth-order valence-corrected chi connectivity index (χ4v) is 5.63. The summed E-state index contributed by atoms with van der Waals surface area (Å²) >= 11 is 3.53. The van der Waals surface area contributed by atoms with E-state index in [2.05, 4.69) is 71.4 Å². The van der Waals surface area contributed by atoms with Gasteiger partial charge in [-0.25, -0.2) is 0 Å². The number of nitrogens with zero attached hydrogens (tertiary/aromatic N) is 1. The first-order valence-corrected chi connectivity index (χ1v) is 14.7. The molecule has 0 aromatic heterocycles. The number of rotatable bonds is 12. The van der Waals surface area contributed by atoms with Crippen LogP contribution in [0.4, 0.5) is 5.69 Å². The SMILES string of the molecule is CCCCCCCCc1ccc(N(Cc2ccc(Br)cc2)C(=O)C2CCCc3ccc(OC)cc32)cc1. The monoisotopic (exact) mass is 561 g/mol. The molecule has 0 radical (unpaired) electrons. The van der Waals surface area contributed by atoms with Crippen molar-refractivity contribution in [3.05, 3.63) is 93.5 Å². The largest absolute Gasteiger partial charge is 0.497 e. The molecule has 0 heterocycles. The van der Waals surface area contributed by atoms with E-state index in [1.807, 2.05) is 23.1 Å². The van der Waals surface area contributed by atoms with Crippen molar-refractivity contribution in [2.45, 2.75) is 83.6 Å². The van der Waals surface area contributed by atoms with Gasteiger partial charge in [0.05, 0.1) is 19.6 Å². The zero-order valence-electron chi connectivity index (χ0n) is 22.3. The van der Waals surface area contributed by atoms with Crippen LogP contribution in [0.5, 0.6) is 5.75 Å². The van der Waals surface area contributed by atoms with Gasteiger partial charge in [0.25, 0.3) is 0 Å². The maximum atomic E-state index is 14.2. The van der Waals surface area contributed by atoms with Gasteiger partial charge in [0.1, 0.15) is 5.75 Å². The van der Waals surface area contributed by atoms with E-state index in [-0.39, 0.29) is 11.8 Å². The van der Waals surface area contributed by atoms with Crippen LogP contribution in [0, 0.1) is 0 Å². The van der Waals surface area contributed by atoms with Crippen LogP contribution in [-0.4, -0.2) is 13.0 Å². The number of anilines is 1. The summed E-state index contributed by atoms with van der Waals surface area (Å²) in [4.78, 5) is 16.2. The van der Waals surface area contributed by atoms with Gasteiger partial charge in [0, 0.05) is 10.2 Å². The van der Waals surface area contributed by atoms with Crippen molar-refractivity contribution in [3.63, 3.8) is 0 Å². The van der Waals surface area contributed by atoms with E-state index in [0.29, 0.717) is 6.54 Å². The number of methoxy groups -OCH3 is 1. The normalized spacial score (nSPS) is 14.7. The Hall–Kier alpha value is -2.59. The summed E-state index contributed by atoms with van der Waals surface area (Å²) in [6.07, 6.45) is 11.8. The molecule has 0 spiro atoms. The Kier molecular flexibility index (Phi) is 10.2. The Morgan fingerprint density at radius 3 is 2.35 bits per heavy atom. The smallest absolute Gasteiger partial charge is 0.234 e. The number of fused-ring (bicyclic) bond motifs is 1. The molecule has 0 saturated carbocycles. The van der Waals surface area contributed by atoms with E-state index >= 15 is 0 Å². The zero-order chi connectivity index (χ0) is 26.0.